The van der Waals surface area contributed by atoms with Crippen molar-refractivity contribution in [2.24, 2.45) is 0 Å². The van der Waals surface area contributed by atoms with Crippen molar-refractivity contribution in [3.63, 3.8) is 0 Å². The van der Waals surface area contributed by atoms with E-state index < -0.39 is 9.84 Å². The lowest BCUT2D eigenvalue weighted by atomic mass is 10.2. The predicted molar refractivity (Wildman–Crippen MR) is 59.3 cm³/mol. The molecule has 0 saturated heterocycles. The van der Waals surface area contributed by atoms with Crippen molar-refractivity contribution in [2.75, 3.05) is 23.9 Å². The summed E-state index contributed by atoms with van der Waals surface area (Å²) in [6.07, 6.45) is 1.16. The second-order valence-corrected chi connectivity index (χ2v) is 5.75. The zero-order valence-electron chi connectivity index (χ0n) is 8.75. The third-order valence-corrected chi connectivity index (χ3v) is 2.94. The highest BCUT2D eigenvalue weighted by Crippen LogP contribution is 2.18. The summed E-state index contributed by atoms with van der Waals surface area (Å²) >= 11 is 0. The number of hydrogen-bond donors (Lipinski definition) is 1. The molecule has 0 unspecified atom stereocenters. The van der Waals surface area contributed by atoms with Gasteiger partial charge in [0.2, 0.25) is 0 Å². The van der Waals surface area contributed by atoms with E-state index in [9.17, 15) is 12.8 Å². The molecule has 1 rings (SSSR count). The van der Waals surface area contributed by atoms with Crippen LogP contribution in [0.25, 0.3) is 0 Å². The predicted octanol–water partition coefficient (Wildman–Crippen LogP) is 1.59. The molecule has 0 spiro atoms. The highest BCUT2D eigenvalue weighted by atomic mass is 32.2. The summed E-state index contributed by atoms with van der Waals surface area (Å²) in [5.74, 6) is -0.357. The maximum atomic E-state index is 13.3. The number of para-hydroxylation sites is 1. The van der Waals surface area contributed by atoms with Gasteiger partial charge >= 0.3 is 0 Å². The van der Waals surface area contributed by atoms with Gasteiger partial charge in [-0.15, -0.1) is 0 Å². The van der Waals surface area contributed by atoms with Crippen molar-refractivity contribution in [1.29, 1.82) is 0 Å². The summed E-state index contributed by atoms with van der Waals surface area (Å²) in [7, 11) is -3.00. The van der Waals surface area contributed by atoms with Crippen LogP contribution in [0.5, 0.6) is 0 Å². The fraction of sp³-hybridized carbons (Fsp3) is 0.400. The molecule has 0 heterocycles. The molecule has 1 N–H and O–H groups in total. The Kier molecular flexibility index (Phi) is 3.68. The van der Waals surface area contributed by atoms with Crippen LogP contribution in [0.15, 0.2) is 18.2 Å². The number of rotatable bonds is 4. The molecule has 0 aromatic heterocycles. The van der Waals surface area contributed by atoms with Crippen LogP contribution in [0, 0.1) is 12.7 Å². The average molecular weight is 231 g/mol. The highest BCUT2D eigenvalue weighted by molar-refractivity contribution is 7.90. The Bertz CT molecular complexity index is 422. The van der Waals surface area contributed by atoms with Crippen LogP contribution in [-0.2, 0) is 9.84 Å². The molecule has 1 aromatic rings. The topological polar surface area (TPSA) is 46.2 Å². The molecule has 0 atom stereocenters. The number of anilines is 1. The van der Waals surface area contributed by atoms with Crippen LogP contribution < -0.4 is 5.32 Å². The third kappa shape index (κ3) is 3.87. The van der Waals surface area contributed by atoms with Crippen molar-refractivity contribution in [1.82, 2.24) is 0 Å². The molecule has 0 aliphatic rings. The minimum atomic E-state index is -3.00. The second kappa shape index (κ2) is 4.61. The molecule has 0 fully saturated rings. The summed E-state index contributed by atoms with van der Waals surface area (Å²) in [4.78, 5) is 0. The summed E-state index contributed by atoms with van der Waals surface area (Å²) in [6.45, 7) is 1.99. The third-order valence-electron chi connectivity index (χ3n) is 2.00. The fourth-order valence-corrected chi connectivity index (χ4v) is 1.69. The Morgan fingerprint density at radius 2 is 2.07 bits per heavy atom. The SMILES string of the molecule is Cc1cccc(F)c1NCCS(C)(=O)=O. The van der Waals surface area contributed by atoms with E-state index >= 15 is 0 Å². The molecule has 0 aliphatic heterocycles. The monoisotopic (exact) mass is 231 g/mol. The minimum absolute atomic E-state index is 0.000768. The molecule has 0 bridgehead atoms. The van der Waals surface area contributed by atoms with Gasteiger partial charge in [-0.1, -0.05) is 12.1 Å². The Morgan fingerprint density at radius 1 is 1.40 bits per heavy atom. The molecule has 0 aliphatic carbocycles. The lowest BCUT2D eigenvalue weighted by Gasteiger charge is -2.09. The van der Waals surface area contributed by atoms with Gasteiger partial charge in [-0.25, -0.2) is 12.8 Å². The van der Waals surface area contributed by atoms with Gasteiger partial charge in [-0.2, -0.15) is 0 Å². The molecule has 0 radical (unpaired) electrons. The van der Waals surface area contributed by atoms with Gasteiger partial charge in [0, 0.05) is 12.8 Å². The summed E-state index contributed by atoms with van der Waals surface area (Å²) in [5, 5.41) is 2.78. The first-order valence-corrected chi connectivity index (χ1v) is 6.63. The number of sulfone groups is 1. The molecular weight excluding hydrogens is 217 g/mol. The van der Waals surface area contributed by atoms with Crippen molar-refractivity contribution >= 4 is 15.5 Å². The number of benzene rings is 1. The van der Waals surface area contributed by atoms with E-state index in [0.717, 1.165) is 11.8 Å². The Hall–Kier alpha value is -1.10. The molecule has 3 nitrogen and oxygen atoms in total. The van der Waals surface area contributed by atoms with Gasteiger partial charge < -0.3 is 5.32 Å². The first-order valence-electron chi connectivity index (χ1n) is 4.57. The van der Waals surface area contributed by atoms with E-state index in [1.165, 1.54) is 6.07 Å². The Morgan fingerprint density at radius 3 is 2.60 bits per heavy atom. The van der Waals surface area contributed by atoms with E-state index in [1.54, 1.807) is 19.1 Å². The second-order valence-electron chi connectivity index (χ2n) is 3.49. The molecule has 0 saturated carbocycles. The van der Waals surface area contributed by atoms with E-state index in [4.69, 9.17) is 0 Å². The number of nitrogens with one attached hydrogen (secondary N) is 1. The van der Waals surface area contributed by atoms with Crippen molar-refractivity contribution < 1.29 is 12.8 Å². The van der Waals surface area contributed by atoms with Crippen molar-refractivity contribution in [2.45, 2.75) is 6.92 Å². The first-order chi connectivity index (χ1) is 6.90. The van der Waals surface area contributed by atoms with Gasteiger partial charge in [-0.3, -0.25) is 0 Å². The largest absolute Gasteiger partial charge is 0.381 e. The first kappa shape index (κ1) is 12.0. The van der Waals surface area contributed by atoms with Crippen molar-refractivity contribution in [3.05, 3.63) is 29.6 Å². The van der Waals surface area contributed by atoms with Gasteiger partial charge in [0.25, 0.3) is 0 Å². The zero-order chi connectivity index (χ0) is 11.5. The van der Waals surface area contributed by atoms with Crippen LogP contribution in [0.2, 0.25) is 0 Å². The standard InChI is InChI=1S/C10H14FNO2S/c1-8-4-3-5-9(11)10(8)12-6-7-15(2,13)14/h3-5,12H,6-7H2,1-2H3. The quantitative estimate of drug-likeness (QED) is 0.856. The zero-order valence-corrected chi connectivity index (χ0v) is 9.57. The summed E-state index contributed by atoms with van der Waals surface area (Å²) in [6, 6.07) is 4.73. The van der Waals surface area contributed by atoms with Gasteiger partial charge in [-0.05, 0) is 18.6 Å². The highest BCUT2D eigenvalue weighted by Gasteiger charge is 2.06. The molecule has 5 heteroatoms. The average Bonchev–Trinajstić information content (AvgIpc) is 2.08. The normalized spacial score (nSPS) is 11.4. The van der Waals surface area contributed by atoms with Gasteiger partial charge in [0.15, 0.2) is 0 Å². The number of aryl methyl sites for hydroxylation is 1. The van der Waals surface area contributed by atoms with Crippen LogP contribution >= 0.6 is 0 Å². The maximum Gasteiger partial charge on any atom is 0.149 e. The lowest BCUT2D eigenvalue weighted by Crippen LogP contribution is -2.15. The molecule has 1 aromatic carbocycles. The summed E-state index contributed by atoms with van der Waals surface area (Å²) < 4.78 is 35.0. The fourth-order valence-electron chi connectivity index (χ4n) is 1.22. The van der Waals surface area contributed by atoms with Gasteiger partial charge in [0.1, 0.15) is 15.7 Å². The van der Waals surface area contributed by atoms with Crippen molar-refractivity contribution in [3.8, 4) is 0 Å². The Labute approximate surface area is 89.2 Å². The molecule has 15 heavy (non-hydrogen) atoms. The molecule has 84 valence electrons. The smallest absolute Gasteiger partial charge is 0.149 e. The Balaban J connectivity index is 2.66. The van der Waals surface area contributed by atoms with Crippen LogP contribution in [-0.4, -0.2) is 27.0 Å². The van der Waals surface area contributed by atoms with E-state index in [1.807, 2.05) is 0 Å². The molecule has 0 amide bonds. The number of halogens is 1. The van der Waals surface area contributed by atoms with Gasteiger partial charge in [0.05, 0.1) is 11.4 Å². The van der Waals surface area contributed by atoms with Crippen LogP contribution in [0.1, 0.15) is 5.56 Å². The lowest BCUT2D eigenvalue weighted by molar-refractivity contribution is 0.601. The van der Waals surface area contributed by atoms with E-state index in [0.29, 0.717) is 5.69 Å². The van der Waals surface area contributed by atoms with Crippen LogP contribution in [0.4, 0.5) is 10.1 Å². The molecular formula is C10H14FNO2S. The number of hydrogen-bond acceptors (Lipinski definition) is 3. The summed E-state index contributed by atoms with van der Waals surface area (Å²) in [5.41, 5.74) is 1.14. The van der Waals surface area contributed by atoms with E-state index in [2.05, 4.69) is 5.32 Å². The van der Waals surface area contributed by atoms with Crippen LogP contribution in [0.3, 0.4) is 0 Å². The van der Waals surface area contributed by atoms with E-state index in [-0.39, 0.29) is 18.1 Å². The maximum absolute atomic E-state index is 13.3. The minimum Gasteiger partial charge on any atom is -0.381 e.